The minimum atomic E-state index is 0.413. The van der Waals surface area contributed by atoms with E-state index < -0.39 is 0 Å². The van der Waals surface area contributed by atoms with E-state index in [2.05, 4.69) is 34.4 Å². The molecule has 5 heteroatoms. The Morgan fingerprint density at radius 2 is 2.05 bits per heavy atom. The number of hydrogen-bond donors (Lipinski definition) is 0. The molecule has 0 N–H and O–H groups in total. The van der Waals surface area contributed by atoms with Crippen molar-refractivity contribution in [1.29, 1.82) is 0 Å². The molecule has 1 aromatic carbocycles. The van der Waals surface area contributed by atoms with Crippen LogP contribution >= 0.6 is 11.6 Å². The van der Waals surface area contributed by atoms with E-state index in [0.29, 0.717) is 5.88 Å². The highest BCUT2D eigenvalue weighted by atomic mass is 35.5. The standard InChI is InChI=1S/C15H22ClN3O/c1-4-18(5-2)9-10-19-12-7-6-8-13(20-3)15(12)17-14(19)11-16/h6-8H,4-5,9-11H2,1-3H3. The maximum absolute atomic E-state index is 6.04. The van der Waals surface area contributed by atoms with Crippen molar-refractivity contribution >= 4 is 22.6 Å². The number of hydrogen-bond acceptors (Lipinski definition) is 3. The Hall–Kier alpha value is -1.26. The molecule has 0 aliphatic rings. The number of methoxy groups -OCH3 is 1. The molecule has 20 heavy (non-hydrogen) atoms. The molecule has 110 valence electrons. The lowest BCUT2D eigenvalue weighted by Crippen LogP contribution is -2.27. The first-order chi connectivity index (χ1) is 9.74. The maximum Gasteiger partial charge on any atom is 0.146 e. The second kappa shape index (κ2) is 6.95. The summed E-state index contributed by atoms with van der Waals surface area (Å²) in [5.41, 5.74) is 1.98. The molecule has 0 saturated carbocycles. The maximum atomic E-state index is 6.04. The molecule has 0 unspecified atom stereocenters. The van der Waals surface area contributed by atoms with E-state index in [0.717, 1.165) is 48.8 Å². The van der Waals surface area contributed by atoms with E-state index in [1.807, 2.05) is 12.1 Å². The number of imidazole rings is 1. The van der Waals surface area contributed by atoms with Crippen LogP contribution in [0.4, 0.5) is 0 Å². The third-order valence-corrected chi connectivity index (χ3v) is 3.93. The molecular weight excluding hydrogens is 274 g/mol. The second-order valence-electron chi connectivity index (χ2n) is 4.67. The minimum Gasteiger partial charge on any atom is -0.494 e. The van der Waals surface area contributed by atoms with E-state index in [4.69, 9.17) is 16.3 Å². The molecule has 0 aliphatic heterocycles. The van der Waals surface area contributed by atoms with Crippen LogP contribution in [0.15, 0.2) is 18.2 Å². The van der Waals surface area contributed by atoms with Gasteiger partial charge in [0.2, 0.25) is 0 Å². The van der Waals surface area contributed by atoms with Gasteiger partial charge in [-0.2, -0.15) is 0 Å². The molecule has 0 atom stereocenters. The third kappa shape index (κ3) is 2.91. The number of benzene rings is 1. The summed E-state index contributed by atoms with van der Waals surface area (Å²) < 4.78 is 7.58. The van der Waals surface area contributed by atoms with Crippen molar-refractivity contribution in [1.82, 2.24) is 14.5 Å². The van der Waals surface area contributed by atoms with Crippen LogP contribution < -0.4 is 4.74 Å². The van der Waals surface area contributed by atoms with Gasteiger partial charge >= 0.3 is 0 Å². The van der Waals surface area contributed by atoms with Gasteiger partial charge in [0.1, 0.15) is 17.1 Å². The van der Waals surface area contributed by atoms with Crippen molar-refractivity contribution in [3.63, 3.8) is 0 Å². The van der Waals surface area contributed by atoms with Crippen molar-refractivity contribution in [3.05, 3.63) is 24.0 Å². The fourth-order valence-corrected chi connectivity index (χ4v) is 2.67. The van der Waals surface area contributed by atoms with Crippen LogP contribution in [0.25, 0.3) is 11.0 Å². The number of ether oxygens (including phenoxy) is 1. The van der Waals surface area contributed by atoms with Crippen LogP contribution in [0.1, 0.15) is 19.7 Å². The number of halogens is 1. The summed E-state index contributed by atoms with van der Waals surface area (Å²) >= 11 is 6.04. The lowest BCUT2D eigenvalue weighted by Gasteiger charge is -2.19. The Kier molecular flexibility index (Phi) is 5.26. The van der Waals surface area contributed by atoms with Crippen molar-refractivity contribution in [3.8, 4) is 5.75 Å². The largest absolute Gasteiger partial charge is 0.494 e. The van der Waals surface area contributed by atoms with Crippen LogP contribution in [0.5, 0.6) is 5.75 Å². The molecule has 4 nitrogen and oxygen atoms in total. The Morgan fingerprint density at radius 3 is 2.65 bits per heavy atom. The summed E-state index contributed by atoms with van der Waals surface area (Å²) in [6.07, 6.45) is 0. The van der Waals surface area contributed by atoms with Gasteiger partial charge in [0, 0.05) is 13.1 Å². The zero-order valence-corrected chi connectivity index (χ0v) is 13.2. The van der Waals surface area contributed by atoms with Crippen molar-refractivity contribution in [2.75, 3.05) is 26.7 Å². The lowest BCUT2D eigenvalue weighted by molar-refractivity contribution is 0.291. The van der Waals surface area contributed by atoms with Gasteiger partial charge in [-0.05, 0) is 25.2 Å². The summed E-state index contributed by atoms with van der Waals surface area (Å²) in [6.45, 7) is 8.38. The first-order valence-electron chi connectivity index (χ1n) is 7.05. The summed E-state index contributed by atoms with van der Waals surface area (Å²) in [5, 5.41) is 0. The normalized spacial score (nSPS) is 11.4. The smallest absolute Gasteiger partial charge is 0.146 e. The molecule has 0 radical (unpaired) electrons. The van der Waals surface area contributed by atoms with Crippen LogP contribution in [-0.4, -0.2) is 41.2 Å². The van der Waals surface area contributed by atoms with E-state index in [-0.39, 0.29) is 0 Å². The Bertz CT molecular complexity index is 563. The van der Waals surface area contributed by atoms with Gasteiger partial charge in [-0.15, -0.1) is 11.6 Å². The van der Waals surface area contributed by atoms with Crippen molar-refractivity contribution < 1.29 is 4.74 Å². The summed E-state index contributed by atoms with van der Waals surface area (Å²) in [5.74, 6) is 2.12. The third-order valence-electron chi connectivity index (χ3n) is 3.69. The van der Waals surface area contributed by atoms with E-state index in [1.165, 1.54) is 0 Å². The number of para-hydroxylation sites is 1. The van der Waals surface area contributed by atoms with Crippen LogP contribution in [-0.2, 0) is 12.4 Å². The highest BCUT2D eigenvalue weighted by Crippen LogP contribution is 2.26. The highest BCUT2D eigenvalue weighted by molar-refractivity contribution is 6.16. The molecule has 0 fully saturated rings. The molecular formula is C15H22ClN3O. The molecule has 0 aliphatic carbocycles. The van der Waals surface area contributed by atoms with Gasteiger partial charge < -0.3 is 14.2 Å². The van der Waals surface area contributed by atoms with E-state index in [1.54, 1.807) is 7.11 Å². The van der Waals surface area contributed by atoms with Gasteiger partial charge in [-0.1, -0.05) is 19.9 Å². The van der Waals surface area contributed by atoms with E-state index >= 15 is 0 Å². The molecule has 0 spiro atoms. The first kappa shape index (κ1) is 15.1. The van der Waals surface area contributed by atoms with Crippen LogP contribution in [0.2, 0.25) is 0 Å². The quantitative estimate of drug-likeness (QED) is 0.735. The fourth-order valence-electron chi connectivity index (χ4n) is 2.47. The van der Waals surface area contributed by atoms with Gasteiger partial charge in [0.25, 0.3) is 0 Å². The fraction of sp³-hybridized carbons (Fsp3) is 0.533. The Morgan fingerprint density at radius 1 is 1.30 bits per heavy atom. The molecule has 2 aromatic rings. The van der Waals surface area contributed by atoms with Gasteiger partial charge in [-0.25, -0.2) is 4.98 Å². The number of rotatable bonds is 7. The number of fused-ring (bicyclic) bond motifs is 1. The molecule has 1 heterocycles. The molecule has 2 rings (SSSR count). The SMILES string of the molecule is CCN(CC)CCn1c(CCl)nc2c(OC)cccc21. The van der Waals surface area contributed by atoms with Gasteiger partial charge in [-0.3, -0.25) is 0 Å². The predicted molar refractivity (Wildman–Crippen MR) is 83.6 cm³/mol. The number of alkyl halides is 1. The minimum absolute atomic E-state index is 0.413. The second-order valence-corrected chi connectivity index (χ2v) is 4.94. The topological polar surface area (TPSA) is 30.3 Å². The first-order valence-corrected chi connectivity index (χ1v) is 7.59. The zero-order valence-electron chi connectivity index (χ0n) is 12.4. The summed E-state index contributed by atoms with van der Waals surface area (Å²) in [6, 6.07) is 6.00. The molecule has 1 aromatic heterocycles. The number of likely N-dealkylation sites (N-methyl/N-ethyl adjacent to an activating group) is 1. The lowest BCUT2D eigenvalue weighted by atomic mass is 10.3. The monoisotopic (exact) mass is 295 g/mol. The van der Waals surface area contributed by atoms with Crippen LogP contribution in [0.3, 0.4) is 0 Å². The van der Waals surface area contributed by atoms with Crippen LogP contribution in [0, 0.1) is 0 Å². The highest BCUT2D eigenvalue weighted by Gasteiger charge is 2.13. The van der Waals surface area contributed by atoms with Crippen molar-refractivity contribution in [2.24, 2.45) is 0 Å². The molecule has 0 amide bonds. The van der Waals surface area contributed by atoms with Gasteiger partial charge in [0.15, 0.2) is 0 Å². The molecule has 0 bridgehead atoms. The summed E-state index contributed by atoms with van der Waals surface area (Å²) in [7, 11) is 1.67. The van der Waals surface area contributed by atoms with Gasteiger partial charge in [0.05, 0.1) is 18.5 Å². The average molecular weight is 296 g/mol. The Labute approximate surface area is 125 Å². The molecule has 0 saturated heterocycles. The predicted octanol–water partition coefficient (Wildman–Crippen LogP) is 3.13. The number of aromatic nitrogens is 2. The average Bonchev–Trinajstić information content (AvgIpc) is 2.86. The zero-order chi connectivity index (χ0) is 14.5. The van der Waals surface area contributed by atoms with Crippen molar-refractivity contribution in [2.45, 2.75) is 26.3 Å². The number of nitrogens with zero attached hydrogens (tertiary/aromatic N) is 3. The van der Waals surface area contributed by atoms with E-state index in [9.17, 15) is 0 Å². The summed E-state index contributed by atoms with van der Waals surface area (Å²) in [4.78, 5) is 7.01. The Balaban J connectivity index is 2.35.